The highest BCUT2D eigenvalue weighted by atomic mass is 16.5. The predicted octanol–water partition coefficient (Wildman–Crippen LogP) is 2.64. The number of ketones is 2. The van der Waals surface area contributed by atoms with Gasteiger partial charge in [-0.15, -0.1) is 0 Å². The Morgan fingerprint density at radius 3 is 2.36 bits per heavy atom. The van der Waals surface area contributed by atoms with Crippen LogP contribution in [0.25, 0.3) is 0 Å². The van der Waals surface area contributed by atoms with E-state index in [9.17, 15) is 9.59 Å². The third-order valence-corrected chi connectivity index (χ3v) is 4.15. The molecule has 130 valence electrons. The van der Waals surface area contributed by atoms with Gasteiger partial charge in [-0.2, -0.15) is 0 Å². The van der Waals surface area contributed by atoms with Crippen molar-refractivity contribution >= 4 is 11.6 Å². The molecule has 2 aromatic carbocycles. The van der Waals surface area contributed by atoms with Gasteiger partial charge in [0.25, 0.3) is 0 Å². The molecule has 1 aliphatic rings. The minimum atomic E-state index is -0.965. The Bertz CT molecular complexity index is 827. The second-order valence-corrected chi connectivity index (χ2v) is 5.53. The third-order valence-electron chi connectivity index (χ3n) is 4.15. The van der Waals surface area contributed by atoms with Gasteiger partial charge in [0.1, 0.15) is 24.0 Å². The van der Waals surface area contributed by atoms with E-state index in [2.05, 4.69) is 0 Å². The van der Waals surface area contributed by atoms with Crippen LogP contribution >= 0.6 is 0 Å². The van der Waals surface area contributed by atoms with Gasteiger partial charge in [0.05, 0.1) is 26.9 Å². The highest BCUT2D eigenvalue weighted by Crippen LogP contribution is 2.36. The SMILES string of the molecule is COc1ccc2c(c1)C(=O)C(c1ccc(OC)c(OC)c1)C(=O)CO2. The van der Waals surface area contributed by atoms with Gasteiger partial charge < -0.3 is 18.9 Å². The number of carbonyl (C=O) groups is 2. The molecule has 0 amide bonds. The first-order valence-electron chi connectivity index (χ1n) is 7.68. The number of Topliss-reactive ketones (excluding diaryl/α,β-unsaturated/α-hetero) is 2. The van der Waals surface area contributed by atoms with Gasteiger partial charge in [0.2, 0.25) is 0 Å². The molecule has 0 aromatic heterocycles. The second kappa shape index (κ2) is 6.84. The monoisotopic (exact) mass is 342 g/mol. The van der Waals surface area contributed by atoms with E-state index >= 15 is 0 Å². The van der Waals surface area contributed by atoms with E-state index in [0.29, 0.717) is 34.1 Å². The topological polar surface area (TPSA) is 71.1 Å². The van der Waals surface area contributed by atoms with Crippen molar-refractivity contribution in [1.82, 2.24) is 0 Å². The van der Waals surface area contributed by atoms with Crippen LogP contribution in [-0.4, -0.2) is 39.5 Å². The van der Waals surface area contributed by atoms with Crippen molar-refractivity contribution in [3.8, 4) is 23.0 Å². The minimum absolute atomic E-state index is 0.177. The fourth-order valence-electron chi connectivity index (χ4n) is 2.86. The lowest BCUT2D eigenvalue weighted by Gasteiger charge is -2.15. The van der Waals surface area contributed by atoms with Crippen LogP contribution in [0, 0.1) is 0 Å². The summed E-state index contributed by atoms with van der Waals surface area (Å²) in [7, 11) is 4.54. The highest BCUT2D eigenvalue weighted by Gasteiger charge is 2.35. The van der Waals surface area contributed by atoms with Gasteiger partial charge in [-0.3, -0.25) is 9.59 Å². The maximum absolute atomic E-state index is 13.0. The first kappa shape index (κ1) is 16.8. The molecule has 0 saturated carbocycles. The van der Waals surface area contributed by atoms with Crippen LogP contribution < -0.4 is 18.9 Å². The van der Waals surface area contributed by atoms with Crippen molar-refractivity contribution in [3.63, 3.8) is 0 Å². The van der Waals surface area contributed by atoms with Gasteiger partial charge in [0.15, 0.2) is 23.1 Å². The Balaban J connectivity index is 2.08. The fraction of sp³-hybridized carbons (Fsp3) is 0.263. The number of methoxy groups -OCH3 is 3. The lowest BCUT2D eigenvalue weighted by atomic mass is 9.87. The molecule has 0 aliphatic carbocycles. The van der Waals surface area contributed by atoms with Crippen LogP contribution in [0.15, 0.2) is 36.4 Å². The molecule has 1 aliphatic heterocycles. The third kappa shape index (κ3) is 3.03. The van der Waals surface area contributed by atoms with E-state index < -0.39 is 5.92 Å². The Morgan fingerprint density at radius 2 is 1.68 bits per heavy atom. The van der Waals surface area contributed by atoms with Crippen LogP contribution in [0.4, 0.5) is 0 Å². The number of hydrogen-bond acceptors (Lipinski definition) is 6. The van der Waals surface area contributed by atoms with Crippen LogP contribution in [0.2, 0.25) is 0 Å². The molecule has 0 saturated heterocycles. The molecule has 3 rings (SSSR count). The summed E-state index contributed by atoms with van der Waals surface area (Å²) in [5.74, 6) is 0.275. The molecular formula is C19H18O6. The first-order chi connectivity index (χ1) is 12.1. The van der Waals surface area contributed by atoms with Gasteiger partial charge in [-0.25, -0.2) is 0 Å². The summed E-state index contributed by atoms with van der Waals surface area (Å²) in [5, 5.41) is 0. The summed E-state index contributed by atoms with van der Waals surface area (Å²) >= 11 is 0. The summed E-state index contributed by atoms with van der Waals surface area (Å²) in [6, 6.07) is 9.91. The van der Waals surface area contributed by atoms with Crippen molar-refractivity contribution in [2.75, 3.05) is 27.9 Å². The van der Waals surface area contributed by atoms with Gasteiger partial charge in [0, 0.05) is 0 Å². The molecule has 0 spiro atoms. The quantitative estimate of drug-likeness (QED) is 0.796. The molecule has 0 fully saturated rings. The van der Waals surface area contributed by atoms with E-state index in [4.69, 9.17) is 18.9 Å². The molecule has 1 unspecified atom stereocenters. The van der Waals surface area contributed by atoms with Crippen molar-refractivity contribution in [3.05, 3.63) is 47.5 Å². The molecule has 1 heterocycles. The Morgan fingerprint density at radius 1 is 0.920 bits per heavy atom. The molecule has 1 atom stereocenters. The molecule has 6 nitrogen and oxygen atoms in total. The Kier molecular flexibility index (Phi) is 4.61. The fourth-order valence-corrected chi connectivity index (χ4v) is 2.86. The van der Waals surface area contributed by atoms with E-state index in [1.165, 1.54) is 21.3 Å². The summed E-state index contributed by atoms with van der Waals surface area (Å²) < 4.78 is 21.2. The second-order valence-electron chi connectivity index (χ2n) is 5.53. The molecule has 6 heteroatoms. The molecule has 0 N–H and O–H groups in total. The average Bonchev–Trinajstić information content (AvgIpc) is 2.77. The minimum Gasteiger partial charge on any atom is -0.497 e. The molecule has 0 radical (unpaired) electrons. The van der Waals surface area contributed by atoms with Crippen molar-refractivity contribution in [1.29, 1.82) is 0 Å². The average molecular weight is 342 g/mol. The van der Waals surface area contributed by atoms with Crippen LogP contribution in [0.1, 0.15) is 21.8 Å². The first-order valence-corrected chi connectivity index (χ1v) is 7.68. The predicted molar refractivity (Wildman–Crippen MR) is 90.1 cm³/mol. The van der Waals surface area contributed by atoms with Gasteiger partial charge in [-0.1, -0.05) is 6.07 Å². The van der Waals surface area contributed by atoms with Crippen LogP contribution in [0.3, 0.4) is 0 Å². The zero-order chi connectivity index (χ0) is 18.0. The van der Waals surface area contributed by atoms with Crippen LogP contribution in [0.5, 0.6) is 23.0 Å². The lowest BCUT2D eigenvalue weighted by Crippen LogP contribution is -2.23. The number of fused-ring (bicyclic) bond motifs is 1. The molecule has 25 heavy (non-hydrogen) atoms. The van der Waals surface area contributed by atoms with Crippen molar-refractivity contribution in [2.45, 2.75) is 5.92 Å². The van der Waals surface area contributed by atoms with Gasteiger partial charge >= 0.3 is 0 Å². The smallest absolute Gasteiger partial charge is 0.185 e. The number of rotatable bonds is 4. The van der Waals surface area contributed by atoms with E-state index in [1.807, 2.05) is 0 Å². The zero-order valence-corrected chi connectivity index (χ0v) is 14.2. The zero-order valence-electron chi connectivity index (χ0n) is 14.2. The Labute approximate surface area is 145 Å². The number of carbonyl (C=O) groups excluding carboxylic acids is 2. The maximum Gasteiger partial charge on any atom is 0.185 e. The summed E-state index contributed by atoms with van der Waals surface area (Å²) in [6.07, 6.45) is 0. The maximum atomic E-state index is 13.0. The normalized spacial score (nSPS) is 16.5. The van der Waals surface area contributed by atoms with E-state index in [1.54, 1.807) is 36.4 Å². The van der Waals surface area contributed by atoms with E-state index in [0.717, 1.165) is 0 Å². The molecular weight excluding hydrogens is 324 g/mol. The summed E-state index contributed by atoms with van der Waals surface area (Å²) in [5.41, 5.74) is 0.858. The van der Waals surface area contributed by atoms with Crippen LogP contribution in [-0.2, 0) is 4.79 Å². The molecule has 2 aromatic rings. The standard InChI is InChI=1S/C19H18O6/c1-22-12-5-7-15-13(9-12)19(21)18(14(20)10-25-15)11-4-6-16(23-2)17(8-11)24-3/h4-9,18H,10H2,1-3H3. The number of ether oxygens (including phenoxy) is 4. The van der Waals surface area contributed by atoms with Crippen molar-refractivity contribution < 1.29 is 28.5 Å². The lowest BCUT2D eigenvalue weighted by molar-refractivity contribution is -0.121. The van der Waals surface area contributed by atoms with E-state index in [-0.39, 0.29) is 18.2 Å². The van der Waals surface area contributed by atoms with Crippen molar-refractivity contribution in [2.24, 2.45) is 0 Å². The summed E-state index contributed by atoms with van der Waals surface area (Å²) in [4.78, 5) is 25.6. The summed E-state index contributed by atoms with van der Waals surface area (Å²) in [6.45, 7) is -0.177. The van der Waals surface area contributed by atoms with Gasteiger partial charge in [-0.05, 0) is 35.9 Å². The Hall–Kier alpha value is -3.02. The molecule has 0 bridgehead atoms. The highest BCUT2D eigenvalue weighted by molar-refractivity contribution is 6.17. The largest absolute Gasteiger partial charge is 0.497 e. The number of hydrogen-bond donors (Lipinski definition) is 0. The number of benzene rings is 2.